The Labute approximate surface area is 137 Å². The molecule has 0 atom stereocenters. The number of imidazole rings is 1. The molecule has 6 nitrogen and oxygen atoms in total. The van der Waals surface area contributed by atoms with Crippen LogP contribution in [-0.4, -0.2) is 27.6 Å². The molecule has 1 aliphatic heterocycles. The summed E-state index contributed by atoms with van der Waals surface area (Å²) in [6.07, 6.45) is 6.03. The highest BCUT2D eigenvalue weighted by Crippen LogP contribution is 2.31. The van der Waals surface area contributed by atoms with E-state index in [-0.39, 0.29) is 11.6 Å². The maximum atomic E-state index is 14.0. The number of aromatic amines is 1. The van der Waals surface area contributed by atoms with Crippen LogP contribution in [0.25, 0.3) is 11.4 Å². The van der Waals surface area contributed by atoms with Crippen LogP contribution in [0.4, 0.5) is 10.1 Å². The van der Waals surface area contributed by atoms with Gasteiger partial charge in [0.25, 0.3) is 5.91 Å². The summed E-state index contributed by atoms with van der Waals surface area (Å²) in [5, 5.41) is 2.61. The highest BCUT2D eigenvalue weighted by Gasteiger charge is 2.25. The zero-order chi connectivity index (χ0) is 16.7. The minimum Gasteiger partial charge on any atom is -0.497 e. The second-order valence-corrected chi connectivity index (χ2v) is 5.55. The average molecular weight is 326 g/mol. The van der Waals surface area contributed by atoms with Gasteiger partial charge in [0, 0.05) is 43.3 Å². The zero-order valence-electron chi connectivity index (χ0n) is 13.0. The molecule has 7 heteroatoms. The first kappa shape index (κ1) is 14.5. The monoisotopic (exact) mass is 326 g/mol. The molecule has 3 aromatic rings. The Hall–Kier alpha value is -3.09. The van der Waals surface area contributed by atoms with Gasteiger partial charge in [-0.2, -0.15) is 0 Å². The summed E-state index contributed by atoms with van der Waals surface area (Å²) < 4.78 is 21.0. The minimum atomic E-state index is -0.548. The summed E-state index contributed by atoms with van der Waals surface area (Å²) in [6, 6.07) is 4.30. The van der Waals surface area contributed by atoms with Gasteiger partial charge in [0.15, 0.2) is 0 Å². The van der Waals surface area contributed by atoms with Crippen molar-refractivity contribution in [3.63, 3.8) is 0 Å². The molecular weight excluding hydrogens is 311 g/mol. The van der Waals surface area contributed by atoms with Crippen LogP contribution in [0.3, 0.4) is 0 Å². The molecular formula is C17H15FN4O2. The summed E-state index contributed by atoms with van der Waals surface area (Å²) in [4.78, 5) is 20.1. The molecule has 0 unspecified atom stereocenters. The van der Waals surface area contributed by atoms with Gasteiger partial charge in [-0.25, -0.2) is 9.37 Å². The molecule has 122 valence electrons. The summed E-state index contributed by atoms with van der Waals surface area (Å²) in [6.45, 7) is 0.816. The summed E-state index contributed by atoms with van der Waals surface area (Å²) in [5.41, 5.74) is 2.30. The van der Waals surface area contributed by atoms with E-state index in [4.69, 9.17) is 4.74 Å². The van der Waals surface area contributed by atoms with Gasteiger partial charge in [-0.1, -0.05) is 0 Å². The molecule has 2 aromatic heterocycles. The molecule has 3 heterocycles. The molecule has 24 heavy (non-hydrogen) atoms. The molecule has 0 saturated heterocycles. The number of rotatable bonds is 3. The second kappa shape index (κ2) is 5.52. The number of hydrogen-bond donors (Lipinski definition) is 2. The summed E-state index contributed by atoms with van der Waals surface area (Å²) >= 11 is 0. The lowest BCUT2D eigenvalue weighted by molar-refractivity contribution is 0.102. The fourth-order valence-corrected chi connectivity index (χ4v) is 2.96. The Kier molecular flexibility index (Phi) is 3.34. The quantitative estimate of drug-likeness (QED) is 0.777. The predicted octanol–water partition coefficient (Wildman–Crippen LogP) is 2.83. The first-order valence-electron chi connectivity index (χ1n) is 7.54. The van der Waals surface area contributed by atoms with Crippen LogP contribution in [0, 0.1) is 5.82 Å². The first-order valence-corrected chi connectivity index (χ1v) is 7.54. The standard InChI is InChI=1S/C17H15FN4O2/c1-24-10-2-3-13(12(18)8-10)21-17(23)11-9-20-14-4-6-22-7-5-19-16(22)15(11)14/h2-3,5,7-9,20H,4,6H2,1H3,(H,21,23). The highest BCUT2D eigenvalue weighted by atomic mass is 19.1. The average Bonchev–Trinajstić information content (AvgIpc) is 3.21. The number of aryl methyl sites for hydroxylation is 2. The van der Waals surface area contributed by atoms with Crippen LogP contribution >= 0.6 is 0 Å². The molecule has 1 aliphatic rings. The third-order valence-electron chi connectivity index (χ3n) is 4.17. The molecule has 2 N–H and O–H groups in total. The highest BCUT2D eigenvalue weighted by molar-refractivity contribution is 6.08. The van der Waals surface area contributed by atoms with Gasteiger partial charge in [-0.05, 0) is 12.1 Å². The number of nitrogens with one attached hydrogen (secondary N) is 2. The Morgan fingerprint density at radius 2 is 2.33 bits per heavy atom. The second-order valence-electron chi connectivity index (χ2n) is 5.55. The third kappa shape index (κ3) is 2.25. The molecule has 0 aliphatic carbocycles. The van der Waals surface area contributed by atoms with Crippen LogP contribution in [0.2, 0.25) is 0 Å². The number of nitrogens with zero attached hydrogens (tertiary/aromatic N) is 2. The van der Waals surface area contributed by atoms with E-state index in [1.165, 1.54) is 19.2 Å². The van der Waals surface area contributed by atoms with Crippen LogP contribution in [0.5, 0.6) is 5.75 Å². The topological polar surface area (TPSA) is 71.9 Å². The van der Waals surface area contributed by atoms with E-state index in [0.717, 1.165) is 30.0 Å². The normalized spacial score (nSPS) is 12.4. The van der Waals surface area contributed by atoms with Crippen molar-refractivity contribution in [1.82, 2.24) is 14.5 Å². The van der Waals surface area contributed by atoms with Crippen molar-refractivity contribution < 1.29 is 13.9 Å². The van der Waals surface area contributed by atoms with Crippen LogP contribution in [-0.2, 0) is 13.0 Å². The van der Waals surface area contributed by atoms with Crippen molar-refractivity contribution in [1.29, 1.82) is 0 Å². The van der Waals surface area contributed by atoms with Gasteiger partial charge >= 0.3 is 0 Å². The summed E-state index contributed by atoms with van der Waals surface area (Å²) in [7, 11) is 1.46. The fraction of sp³-hybridized carbons (Fsp3) is 0.176. The van der Waals surface area contributed by atoms with E-state index >= 15 is 0 Å². The Balaban J connectivity index is 1.67. The van der Waals surface area contributed by atoms with Gasteiger partial charge in [0.1, 0.15) is 17.4 Å². The van der Waals surface area contributed by atoms with Crippen molar-refractivity contribution in [3.8, 4) is 17.1 Å². The van der Waals surface area contributed by atoms with E-state index in [0.29, 0.717) is 11.3 Å². The Morgan fingerprint density at radius 3 is 3.12 bits per heavy atom. The number of benzene rings is 1. The summed E-state index contributed by atoms with van der Waals surface area (Å²) in [5.74, 6) is 0.214. The van der Waals surface area contributed by atoms with Gasteiger partial charge in [-0.15, -0.1) is 0 Å². The maximum Gasteiger partial charge on any atom is 0.258 e. The molecule has 0 saturated carbocycles. The van der Waals surface area contributed by atoms with Gasteiger partial charge in [0.05, 0.1) is 23.9 Å². The van der Waals surface area contributed by atoms with Crippen LogP contribution in [0.15, 0.2) is 36.8 Å². The Bertz CT molecular complexity index is 929. The maximum absolute atomic E-state index is 14.0. The lowest BCUT2D eigenvalue weighted by Gasteiger charge is -2.16. The van der Waals surface area contributed by atoms with Gasteiger partial charge in [-0.3, -0.25) is 4.79 Å². The number of carbonyl (C=O) groups excluding carboxylic acids is 1. The lowest BCUT2D eigenvalue weighted by Crippen LogP contribution is -2.16. The zero-order valence-corrected chi connectivity index (χ0v) is 13.0. The molecule has 0 spiro atoms. The fourth-order valence-electron chi connectivity index (χ4n) is 2.96. The molecule has 4 rings (SSSR count). The van der Waals surface area contributed by atoms with Crippen molar-refractivity contribution in [2.45, 2.75) is 13.0 Å². The number of H-pyrrole nitrogens is 1. The first-order chi connectivity index (χ1) is 11.7. The molecule has 1 amide bonds. The van der Waals surface area contributed by atoms with Crippen LogP contribution in [0.1, 0.15) is 16.1 Å². The third-order valence-corrected chi connectivity index (χ3v) is 4.17. The number of ether oxygens (including phenoxy) is 1. The number of methoxy groups -OCH3 is 1. The van der Waals surface area contributed by atoms with Gasteiger partial charge in [0.2, 0.25) is 0 Å². The lowest BCUT2D eigenvalue weighted by atomic mass is 10.0. The Morgan fingerprint density at radius 1 is 1.46 bits per heavy atom. The van der Waals surface area contributed by atoms with E-state index in [9.17, 15) is 9.18 Å². The number of fused-ring (bicyclic) bond motifs is 3. The SMILES string of the molecule is COc1ccc(NC(=O)c2c[nH]c3c2-c2nccn2CC3)c(F)c1. The molecule has 1 aromatic carbocycles. The van der Waals surface area contributed by atoms with Crippen LogP contribution < -0.4 is 10.1 Å². The van der Waals surface area contributed by atoms with E-state index in [1.54, 1.807) is 18.5 Å². The predicted molar refractivity (Wildman–Crippen MR) is 86.6 cm³/mol. The van der Waals surface area contributed by atoms with Crippen molar-refractivity contribution in [2.24, 2.45) is 0 Å². The van der Waals surface area contributed by atoms with Gasteiger partial charge < -0.3 is 19.6 Å². The largest absolute Gasteiger partial charge is 0.497 e. The molecule has 0 bridgehead atoms. The smallest absolute Gasteiger partial charge is 0.258 e. The number of aromatic nitrogens is 3. The van der Waals surface area contributed by atoms with E-state index in [2.05, 4.69) is 15.3 Å². The number of amides is 1. The van der Waals surface area contributed by atoms with E-state index < -0.39 is 5.82 Å². The van der Waals surface area contributed by atoms with Crippen molar-refractivity contribution in [3.05, 3.63) is 53.9 Å². The van der Waals surface area contributed by atoms with Crippen molar-refractivity contribution >= 4 is 11.6 Å². The van der Waals surface area contributed by atoms with Crippen molar-refractivity contribution in [2.75, 3.05) is 12.4 Å². The number of carbonyl (C=O) groups is 1. The molecule has 0 radical (unpaired) electrons. The number of anilines is 1. The number of hydrogen-bond acceptors (Lipinski definition) is 3. The minimum absolute atomic E-state index is 0.106. The number of halogens is 1. The molecule has 0 fully saturated rings. The van der Waals surface area contributed by atoms with E-state index in [1.807, 2.05) is 10.8 Å².